The molecule has 6 nitrogen and oxygen atoms in total. The van der Waals surface area contributed by atoms with E-state index >= 15 is 0 Å². The van der Waals surface area contributed by atoms with Crippen molar-refractivity contribution in [2.75, 3.05) is 12.3 Å². The fraction of sp³-hybridized carbons (Fsp3) is 0.500. The molecule has 0 aliphatic rings. The lowest BCUT2D eigenvalue weighted by molar-refractivity contribution is -0.118. The molecule has 0 aromatic carbocycles. The third kappa shape index (κ3) is 6.94. The van der Waals surface area contributed by atoms with Gasteiger partial charge in [0.05, 0.1) is 6.54 Å². The van der Waals surface area contributed by atoms with Gasteiger partial charge >= 0.3 is 0 Å². The summed E-state index contributed by atoms with van der Waals surface area (Å²) in [4.78, 5) is 19.9. The standard InChI is InChI=1S/C4H6NO5S/c6-2-1-5-4(7)3-11(8,9)10/h1,3H2,(H,5,7)(H,8,9,10). The number of carbonyl (C=O) groups excluding carboxylic acids is 2. The fourth-order valence-electron chi connectivity index (χ4n) is 0.351. The van der Waals surface area contributed by atoms with E-state index in [4.69, 9.17) is 4.55 Å². The molecule has 0 unspecified atom stereocenters. The highest BCUT2D eigenvalue weighted by molar-refractivity contribution is 7.86. The van der Waals surface area contributed by atoms with Crippen LogP contribution in [-0.2, 0) is 19.7 Å². The molecule has 0 spiro atoms. The van der Waals surface area contributed by atoms with Crippen molar-refractivity contribution in [3.63, 3.8) is 0 Å². The van der Waals surface area contributed by atoms with Gasteiger partial charge < -0.3 is 5.32 Å². The summed E-state index contributed by atoms with van der Waals surface area (Å²) in [5.74, 6) is -1.97. The Morgan fingerprint density at radius 2 is 2.09 bits per heavy atom. The van der Waals surface area contributed by atoms with E-state index in [0.29, 0.717) is 0 Å². The van der Waals surface area contributed by atoms with E-state index in [0.717, 1.165) is 0 Å². The molecule has 1 amide bonds. The SMILES string of the molecule is O=[C]CNC(=O)CS(=O)(=O)O. The summed E-state index contributed by atoms with van der Waals surface area (Å²) in [6, 6.07) is 0. The zero-order valence-corrected chi connectivity index (χ0v) is 6.22. The molecule has 0 bridgehead atoms. The Hall–Kier alpha value is -0.950. The van der Waals surface area contributed by atoms with Crippen LogP contribution in [0.1, 0.15) is 0 Å². The molecule has 1 radical (unpaired) electrons. The largest absolute Gasteiger partial charge is 0.348 e. The second kappa shape index (κ2) is 4.04. The Morgan fingerprint density at radius 3 is 2.45 bits per heavy atom. The average Bonchev–Trinajstić information content (AvgIpc) is 1.79. The smallest absolute Gasteiger partial charge is 0.274 e. The van der Waals surface area contributed by atoms with Crippen LogP contribution in [0.5, 0.6) is 0 Å². The topological polar surface area (TPSA) is 101 Å². The molecule has 2 N–H and O–H groups in total. The Kier molecular flexibility index (Phi) is 3.69. The Labute approximate surface area is 63.3 Å². The van der Waals surface area contributed by atoms with Gasteiger partial charge in [0, 0.05) is 0 Å². The molecular formula is C4H6NO5S. The van der Waals surface area contributed by atoms with Gasteiger partial charge in [-0.05, 0) is 0 Å². The first-order chi connectivity index (χ1) is 4.95. The Bertz CT molecular complexity index is 243. The third-order valence-corrected chi connectivity index (χ3v) is 1.30. The van der Waals surface area contributed by atoms with Crippen LogP contribution in [0.3, 0.4) is 0 Å². The minimum Gasteiger partial charge on any atom is -0.348 e. The summed E-state index contributed by atoms with van der Waals surface area (Å²) in [6.07, 6.45) is 1.33. The van der Waals surface area contributed by atoms with E-state index in [-0.39, 0.29) is 6.54 Å². The van der Waals surface area contributed by atoms with Crippen molar-refractivity contribution >= 4 is 22.3 Å². The van der Waals surface area contributed by atoms with Gasteiger partial charge in [-0.25, -0.2) is 0 Å². The van der Waals surface area contributed by atoms with Crippen LogP contribution in [0, 0.1) is 0 Å². The third-order valence-electron chi connectivity index (χ3n) is 0.671. The van der Waals surface area contributed by atoms with Crippen LogP contribution in [0.15, 0.2) is 0 Å². The predicted octanol–water partition coefficient (Wildman–Crippen LogP) is -1.90. The number of rotatable bonds is 4. The molecule has 0 heterocycles. The molecule has 0 aromatic rings. The maximum absolute atomic E-state index is 10.4. The maximum Gasteiger partial charge on any atom is 0.274 e. The maximum atomic E-state index is 10.4. The van der Waals surface area contributed by atoms with Crippen molar-refractivity contribution in [1.82, 2.24) is 5.32 Å². The fourth-order valence-corrected chi connectivity index (χ4v) is 0.785. The molecule has 0 saturated carbocycles. The number of carbonyl (C=O) groups is 1. The zero-order valence-electron chi connectivity index (χ0n) is 5.40. The summed E-state index contributed by atoms with van der Waals surface area (Å²) >= 11 is 0. The molecule has 0 rings (SSSR count). The zero-order chi connectivity index (χ0) is 8.91. The van der Waals surface area contributed by atoms with Crippen molar-refractivity contribution in [1.29, 1.82) is 0 Å². The Balaban J connectivity index is 3.80. The van der Waals surface area contributed by atoms with Crippen molar-refractivity contribution in [2.45, 2.75) is 0 Å². The lowest BCUT2D eigenvalue weighted by Gasteiger charge is -1.96. The molecule has 63 valence electrons. The van der Waals surface area contributed by atoms with Gasteiger partial charge in [-0.1, -0.05) is 0 Å². The van der Waals surface area contributed by atoms with Crippen LogP contribution < -0.4 is 5.32 Å². The highest BCUT2D eigenvalue weighted by Crippen LogP contribution is 1.79. The van der Waals surface area contributed by atoms with Gasteiger partial charge in [0.1, 0.15) is 0 Å². The second-order valence-corrected chi connectivity index (χ2v) is 3.10. The van der Waals surface area contributed by atoms with Crippen LogP contribution in [0.25, 0.3) is 0 Å². The molecule has 0 aliphatic carbocycles. The van der Waals surface area contributed by atoms with E-state index in [1.165, 1.54) is 6.29 Å². The van der Waals surface area contributed by atoms with E-state index < -0.39 is 21.8 Å². The molecule has 7 heteroatoms. The van der Waals surface area contributed by atoms with Crippen molar-refractivity contribution < 1.29 is 22.6 Å². The van der Waals surface area contributed by atoms with Gasteiger partial charge in [-0.15, -0.1) is 0 Å². The second-order valence-electron chi connectivity index (χ2n) is 1.65. The molecule has 11 heavy (non-hydrogen) atoms. The van der Waals surface area contributed by atoms with E-state index in [1.807, 2.05) is 5.32 Å². The van der Waals surface area contributed by atoms with Crippen LogP contribution >= 0.6 is 0 Å². The highest BCUT2D eigenvalue weighted by Gasteiger charge is 2.11. The summed E-state index contributed by atoms with van der Waals surface area (Å²) in [6.45, 7) is -0.381. The summed E-state index contributed by atoms with van der Waals surface area (Å²) in [5, 5.41) is 1.89. The van der Waals surface area contributed by atoms with Crippen molar-refractivity contribution in [2.24, 2.45) is 0 Å². The van der Waals surface area contributed by atoms with Crippen LogP contribution in [-0.4, -0.2) is 37.5 Å². The normalized spacial score (nSPS) is 10.6. The molecular weight excluding hydrogens is 174 g/mol. The number of hydrogen-bond acceptors (Lipinski definition) is 4. The number of nitrogens with one attached hydrogen (secondary N) is 1. The molecule has 0 atom stereocenters. The summed E-state index contributed by atoms with van der Waals surface area (Å²) in [7, 11) is -4.30. The van der Waals surface area contributed by atoms with Gasteiger partial charge in [0.2, 0.25) is 12.2 Å². The summed E-state index contributed by atoms with van der Waals surface area (Å²) < 4.78 is 28.1. The van der Waals surface area contributed by atoms with E-state index in [2.05, 4.69) is 0 Å². The minimum absolute atomic E-state index is 0.381. The Morgan fingerprint density at radius 1 is 1.55 bits per heavy atom. The predicted molar refractivity (Wildman–Crippen MR) is 35.1 cm³/mol. The minimum atomic E-state index is -4.30. The lowest BCUT2D eigenvalue weighted by Crippen LogP contribution is -2.31. The number of hydrogen-bond donors (Lipinski definition) is 2. The highest BCUT2D eigenvalue weighted by atomic mass is 32.2. The lowest BCUT2D eigenvalue weighted by atomic mass is 10.6. The first-order valence-corrected chi connectivity index (χ1v) is 4.13. The van der Waals surface area contributed by atoms with Gasteiger partial charge in [-0.2, -0.15) is 8.42 Å². The molecule has 0 aromatic heterocycles. The van der Waals surface area contributed by atoms with Gasteiger partial charge in [0.15, 0.2) is 5.75 Å². The van der Waals surface area contributed by atoms with Crippen LogP contribution in [0.4, 0.5) is 0 Å². The van der Waals surface area contributed by atoms with Crippen molar-refractivity contribution in [3.05, 3.63) is 0 Å². The van der Waals surface area contributed by atoms with E-state index in [1.54, 1.807) is 0 Å². The first kappa shape index (κ1) is 10.0. The summed E-state index contributed by atoms with van der Waals surface area (Å²) in [5.41, 5.74) is 0. The monoisotopic (exact) mass is 180 g/mol. The number of amides is 1. The molecule has 0 aliphatic heterocycles. The quantitative estimate of drug-likeness (QED) is 0.492. The average molecular weight is 180 g/mol. The first-order valence-electron chi connectivity index (χ1n) is 2.52. The molecule has 0 saturated heterocycles. The van der Waals surface area contributed by atoms with Crippen LogP contribution in [0.2, 0.25) is 0 Å². The van der Waals surface area contributed by atoms with E-state index in [9.17, 15) is 18.0 Å². The van der Waals surface area contributed by atoms with Crippen molar-refractivity contribution in [3.8, 4) is 0 Å². The van der Waals surface area contributed by atoms with Gasteiger partial charge in [-0.3, -0.25) is 14.1 Å². The van der Waals surface area contributed by atoms with Gasteiger partial charge in [0.25, 0.3) is 10.1 Å². The molecule has 0 fully saturated rings.